The Labute approximate surface area is 114 Å². The zero-order valence-corrected chi connectivity index (χ0v) is 10.8. The molecule has 0 fully saturated rings. The lowest BCUT2D eigenvalue weighted by atomic mass is 10.1. The van der Waals surface area contributed by atoms with Crippen molar-refractivity contribution in [3.05, 3.63) is 47.9 Å². The molecule has 0 radical (unpaired) electrons. The van der Waals surface area contributed by atoms with Crippen LogP contribution in [0.1, 0.15) is 16.2 Å². The number of nitrogens with zero attached hydrogens (tertiary/aromatic N) is 2. The Kier molecular flexibility index (Phi) is 2.83. The number of carbonyl (C=O) groups is 1. The molecule has 3 aromatic rings. The van der Waals surface area contributed by atoms with Crippen molar-refractivity contribution in [2.75, 3.05) is 11.1 Å². The van der Waals surface area contributed by atoms with Gasteiger partial charge in [0.25, 0.3) is 5.91 Å². The van der Waals surface area contributed by atoms with Crippen LogP contribution < -0.4 is 11.1 Å². The smallest absolute Gasteiger partial charge is 0.275 e. The van der Waals surface area contributed by atoms with E-state index in [-0.39, 0.29) is 11.6 Å². The number of hydrogen-bond donors (Lipinski definition) is 2. The quantitative estimate of drug-likeness (QED) is 0.744. The van der Waals surface area contributed by atoms with E-state index in [9.17, 15) is 4.79 Å². The second-order valence-corrected chi connectivity index (χ2v) is 4.39. The van der Waals surface area contributed by atoms with E-state index in [1.54, 1.807) is 19.1 Å². The number of nitrogens with one attached hydrogen (secondary N) is 1. The zero-order chi connectivity index (χ0) is 14.1. The third-order valence-electron chi connectivity index (χ3n) is 2.85. The maximum atomic E-state index is 12.1. The highest BCUT2D eigenvalue weighted by molar-refractivity contribution is 6.05. The lowest BCUT2D eigenvalue weighted by Gasteiger charge is -2.05. The van der Waals surface area contributed by atoms with E-state index in [2.05, 4.69) is 15.5 Å². The number of aromatic nitrogens is 2. The highest BCUT2D eigenvalue weighted by Crippen LogP contribution is 2.20. The van der Waals surface area contributed by atoms with Crippen LogP contribution in [0.4, 0.5) is 11.5 Å². The molecule has 6 heteroatoms. The van der Waals surface area contributed by atoms with Crippen LogP contribution in [0.15, 0.2) is 40.9 Å². The predicted molar refractivity (Wildman–Crippen MR) is 75.3 cm³/mol. The Morgan fingerprint density at radius 3 is 2.85 bits per heavy atom. The van der Waals surface area contributed by atoms with Crippen molar-refractivity contribution in [1.82, 2.24) is 10.1 Å². The van der Waals surface area contributed by atoms with Crippen molar-refractivity contribution in [3.63, 3.8) is 0 Å². The van der Waals surface area contributed by atoms with Crippen LogP contribution >= 0.6 is 0 Å². The zero-order valence-electron chi connectivity index (χ0n) is 10.8. The molecule has 1 aromatic carbocycles. The molecule has 100 valence electrons. The van der Waals surface area contributed by atoms with Crippen LogP contribution in [0.3, 0.4) is 0 Å². The molecule has 0 aliphatic heterocycles. The molecule has 3 rings (SSSR count). The van der Waals surface area contributed by atoms with Gasteiger partial charge >= 0.3 is 0 Å². The SMILES string of the molecule is Cc1cc(NC(=O)c2cc(N)c3ccccc3n2)no1. The lowest BCUT2D eigenvalue weighted by molar-refractivity contribution is 0.102. The summed E-state index contributed by atoms with van der Waals surface area (Å²) < 4.78 is 4.89. The number of nitrogen functional groups attached to an aromatic ring is 1. The van der Waals surface area contributed by atoms with Gasteiger partial charge in [-0.15, -0.1) is 0 Å². The fourth-order valence-electron chi connectivity index (χ4n) is 1.92. The van der Waals surface area contributed by atoms with E-state index in [0.717, 1.165) is 5.39 Å². The fraction of sp³-hybridized carbons (Fsp3) is 0.0714. The van der Waals surface area contributed by atoms with E-state index >= 15 is 0 Å². The number of aryl methyl sites for hydroxylation is 1. The number of benzene rings is 1. The lowest BCUT2D eigenvalue weighted by Crippen LogP contribution is -2.14. The minimum atomic E-state index is -0.379. The van der Waals surface area contributed by atoms with Gasteiger partial charge < -0.3 is 15.6 Å². The van der Waals surface area contributed by atoms with Crippen LogP contribution in [0, 0.1) is 6.92 Å². The third-order valence-corrected chi connectivity index (χ3v) is 2.85. The number of para-hydroxylation sites is 1. The molecule has 0 aliphatic carbocycles. The molecule has 2 aromatic heterocycles. The van der Waals surface area contributed by atoms with E-state index in [0.29, 0.717) is 22.8 Å². The number of amides is 1. The van der Waals surface area contributed by atoms with Gasteiger partial charge in [0.05, 0.1) is 5.52 Å². The van der Waals surface area contributed by atoms with Crippen molar-refractivity contribution in [1.29, 1.82) is 0 Å². The van der Waals surface area contributed by atoms with Gasteiger partial charge in [0.2, 0.25) is 0 Å². The summed E-state index contributed by atoms with van der Waals surface area (Å²) in [5, 5.41) is 7.13. The molecule has 0 unspecified atom stereocenters. The molecule has 20 heavy (non-hydrogen) atoms. The summed E-state index contributed by atoms with van der Waals surface area (Å²) in [6, 6.07) is 10.6. The molecule has 0 atom stereocenters. The van der Waals surface area contributed by atoms with E-state index < -0.39 is 0 Å². The molecule has 0 saturated carbocycles. The average molecular weight is 268 g/mol. The summed E-state index contributed by atoms with van der Waals surface area (Å²) in [6.45, 7) is 1.74. The second kappa shape index (κ2) is 4.65. The number of rotatable bonds is 2. The molecule has 2 heterocycles. The highest BCUT2D eigenvalue weighted by atomic mass is 16.5. The molecule has 1 amide bonds. The monoisotopic (exact) mass is 268 g/mol. The van der Waals surface area contributed by atoms with Crippen LogP contribution in [-0.4, -0.2) is 16.0 Å². The molecule has 0 bridgehead atoms. The largest absolute Gasteiger partial charge is 0.398 e. The number of fused-ring (bicyclic) bond motifs is 1. The van der Waals surface area contributed by atoms with Gasteiger partial charge in [0, 0.05) is 17.1 Å². The maximum Gasteiger partial charge on any atom is 0.275 e. The van der Waals surface area contributed by atoms with Gasteiger partial charge in [-0.1, -0.05) is 23.4 Å². The predicted octanol–water partition coefficient (Wildman–Crippen LogP) is 2.37. The summed E-state index contributed by atoms with van der Waals surface area (Å²) in [5.41, 5.74) is 7.36. The summed E-state index contributed by atoms with van der Waals surface area (Å²) in [6.07, 6.45) is 0. The summed E-state index contributed by atoms with van der Waals surface area (Å²) in [4.78, 5) is 16.4. The molecular weight excluding hydrogens is 256 g/mol. The van der Waals surface area contributed by atoms with E-state index in [1.165, 1.54) is 0 Å². The second-order valence-electron chi connectivity index (χ2n) is 4.39. The molecule has 3 N–H and O–H groups in total. The van der Waals surface area contributed by atoms with Gasteiger partial charge in [-0.2, -0.15) is 0 Å². The van der Waals surface area contributed by atoms with Gasteiger partial charge in [0.1, 0.15) is 11.5 Å². The maximum absolute atomic E-state index is 12.1. The van der Waals surface area contributed by atoms with E-state index in [4.69, 9.17) is 10.3 Å². The summed E-state index contributed by atoms with van der Waals surface area (Å²) in [5.74, 6) is 0.586. The Morgan fingerprint density at radius 2 is 2.10 bits per heavy atom. The summed E-state index contributed by atoms with van der Waals surface area (Å²) >= 11 is 0. The van der Waals surface area contributed by atoms with Crippen LogP contribution in [-0.2, 0) is 0 Å². The Morgan fingerprint density at radius 1 is 1.30 bits per heavy atom. The van der Waals surface area contributed by atoms with Gasteiger partial charge in [-0.25, -0.2) is 4.98 Å². The topological polar surface area (TPSA) is 94.0 Å². The normalized spacial score (nSPS) is 10.7. The van der Waals surface area contributed by atoms with Crippen LogP contribution in [0.25, 0.3) is 10.9 Å². The number of hydrogen-bond acceptors (Lipinski definition) is 5. The standard InChI is InChI=1S/C14H12N4O2/c1-8-6-13(18-20-8)17-14(19)12-7-10(15)9-4-2-3-5-11(9)16-12/h2-7H,1H3,(H2,15,16)(H,17,18,19). The van der Waals surface area contributed by atoms with Gasteiger partial charge in [-0.05, 0) is 19.1 Å². The van der Waals surface area contributed by atoms with Crippen molar-refractivity contribution >= 4 is 28.3 Å². The Bertz CT molecular complexity index is 795. The first kappa shape index (κ1) is 12.2. The van der Waals surface area contributed by atoms with Gasteiger partial charge in [-0.3, -0.25) is 4.79 Å². The number of nitrogens with two attached hydrogens (primary N) is 1. The number of pyridine rings is 1. The highest BCUT2D eigenvalue weighted by Gasteiger charge is 2.12. The van der Waals surface area contributed by atoms with Crippen molar-refractivity contribution in [2.24, 2.45) is 0 Å². The minimum absolute atomic E-state index is 0.238. The van der Waals surface area contributed by atoms with Gasteiger partial charge in [0.15, 0.2) is 5.82 Å². The first-order valence-electron chi connectivity index (χ1n) is 6.03. The van der Waals surface area contributed by atoms with Crippen molar-refractivity contribution in [3.8, 4) is 0 Å². The third kappa shape index (κ3) is 2.18. The van der Waals surface area contributed by atoms with Crippen LogP contribution in [0.5, 0.6) is 0 Å². The van der Waals surface area contributed by atoms with Crippen LogP contribution in [0.2, 0.25) is 0 Å². The summed E-state index contributed by atoms with van der Waals surface area (Å²) in [7, 11) is 0. The molecule has 6 nitrogen and oxygen atoms in total. The Balaban J connectivity index is 1.95. The average Bonchev–Trinajstić information content (AvgIpc) is 2.84. The first-order valence-corrected chi connectivity index (χ1v) is 6.03. The van der Waals surface area contributed by atoms with Crippen molar-refractivity contribution in [2.45, 2.75) is 6.92 Å². The Hall–Kier alpha value is -2.89. The molecule has 0 aliphatic rings. The molecule has 0 spiro atoms. The molecular formula is C14H12N4O2. The van der Waals surface area contributed by atoms with E-state index in [1.807, 2.05) is 24.3 Å². The van der Waals surface area contributed by atoms with Crippen molar-refractivity contribution < 1.29 is 9.32 Å². The first-order chi connectivity index (χ1) is 9.63. The number of carbonyl (C=O) groups excluding carboxylic acids is 1. The minimum Gasteiger partial charge on any atom is -0.398 e. The fourth-order valence-corrected chi connectivity index (χ4v) is 1.92. The molecule has 0 saturated heterocycles. The number of anilines is 2.